The molecule has 0 aromatic heterocycles. The number of amides is 2. The van der Waals surface area contributed by atoms with Crippen molar-refractivity contribution >= 4 is 40.1 Å². The van der Waals surface area contributed by atoms with Gasteiger partial charge in [0.2, 0.25) is 11.8 Å². The first-order chi connectivity index (χ1) is 10.6. The number of hydrogen-bond donors (Lipinski definition) is 1. The number of rotatable bonds is 4. The van der Waals surface area contributed by atoms with Gasteiger partial charge >= 0.3 is 0 Å². The fourth-order valence-corrected chi connectivity index (χ4v) is 3.23. The van der Waals surface area contributed by atoms with E-state index in [4.69, 9.17) is 0 Å². The first kappa shape index (κ1) is 15.7. The third-order valence-corrected chi connectivity index (χ3v) is 4.76. The van der Waals surface area contributed by atoms with Crippen LogP contribution in [0.2, 0.25) is 0 Å². The molecule has 0 spiro atoms. The van der Waals surface area contributed by atoms with Gasteiger partial charge in [-0.2, -0.15) is 0 Å². The predicted octanol–water partition coefficient (Wildman–Crippen LogP) is 1.78. The molecule has 2 fully saturated rings. The van der Waals surface area contributed by atoms with Crippen LogP contribution in [0, 0.1) is 9.49 Å². The predicted molar refractivity (Wildman–Crippen MR) is 93.5 cm³/mol. The second-order valence-electron chi connectivity index (χ2n) is 5.93. The average Bonchev–Trinajstić information content (AvgIpc) is 3.32. The summed E-state index contributed by atoms with van der Waals surface area (Å²) < 4.78 is 1.10. The van der Waals surface area contributed by atoms with Crippen molar-refractivity contribution in [1.29, 1.82) is 0 Å². The molecule has 1 heterocycles. The van der Waals surface area contributed by atoms with Crippen LogP contribution >= 0.6 is 22.6 Å². The summed E-state index contributed by atoms with van der Waals surface area (Å²) in [7, 11) is 0. The second-order valence-corrected chi connectivity index (χ2v) is 7.18. The zero-order valence-electron chi connectivity index (χ0n) is 12.4. The molecular formula is C16H20IN3O2. The molecule has 0 unspecified atom stereocenters. The largest absolute Gasteiger partial charge is 0.340 e. The van der Waals surface area contributed by atoms with Crippen LogP contribution in [0.1, 0.15) is 12.8 Å². The van der Waals surface area contributed by atoms with Crippen molar-refractivity contribution in [3.63, 3.8) is 0 Å². The van der Waals surface area contributed by atoms with Crippen LogP contribution < -0.4 is 5.32 Å². The van der Waals surface area contributed by atoms with Crippen LogP contribution in [0.3, 0.4) is 0 Å². The van der Waals surface area contributed by atoms with E-state index in [1.54, 1.807) is 0 Å². The summed E-state index contributed by atoms with van der Waals surface area (Å²) in [6.07, 6.45) is 2.11. The number of halogens is 1. The van der Waals surface area contributed by atoms with Crippen molar-refractivity contribution in [2.24, 2.45) is 5.92 Å². The zero-order valence-corrected chi connectivity index (χ0v) is 14.6. The maximum Gasteiger partial charge on any atom is 0.238 e. The first-order valence-electron chi connectivity index (χ1n) is 7.68. The highest BCUT2D eigenvalue weighted by Crippen LogP contribution is 2.31. The summed E-state index contributed by atoms with van der Waals surface area (Å²) in [5, 5.41) is 2.93. The van der Waals surface area contributed by atoms with Crippen molar-refractivity contribution in [2.75, 3.05) is 38.0 Å². The number of benzene rings is 1. The molecule has 0 radical (unpaired) electrons. The lowest BCUT2D eigenvalue weighted by Gasteiger charge is -2.34. The topological polar surface area (TPSA) is 52.7 Å². The number of anilines is 1. The molecule has 22 heavy (non-hydrogen) atoms. The molecule has 0 bridgehead atoms. The Morgan fingerprint density at radius 1 is 1.18 bits per heavy atom. The van der Waals surface area contributed by atoms with Crippen molar-refractivity contribution in [3.05, 3.63) is 27.8 Å². The standard InChI is InChI=1S/C16H20IN3O2/c17-13-2-1-3-14(10-13)18-15(21)11-19-6-8-20(9-7-19)16(22)12-4-5-12/h1-3,10,12H,4-9,11H2,(H,18,21). The van der Waals surface area contributed by atoms with Gasteiger partial charge in [-0.15, -0.1) is 0 Å². The molecule has 1 aliphatic heterocycles. The SMILES string of the molecule is O=C(CN1CCN(C(=O)C2CC2)CC1)Nc1cccc(I)c1. The molecule has 118 valence electrons. The van der Waals surface area contributed by atoms with Crippen LogP contribution in [0.15, 0.2) is 24.3 Å². The Kier molecular flexibility index (Phi) is 4.97. The zero-order chi connectivity index (χ0) is 15.5. The third-order valence-electron chi connectivity index (χ3n) is 4.09. The first-order valence-corrected chi connectivity index (χ1v) is 8.76. The van der Waals surface area contributed by atoms with Gasteiger partial charge in [0.05, 0.1) is 6.54 Å². The lowest BCUT2D eigenvalue weighted by Crippen LogP contribution is -2.50. The maximum atomic E-state index is 12.1. The van der Waals surface area contributed by atoms with Gasteiger partial charge in [0.15, 0.2) is 0 Å². The quantitative estimate of drug-likeness (QED) is 0.766. The molecule has 2 amide bonds. The minimum Gasteiger partial charge on any atom is -0.340 e. The Labute approximate surface area is 144 Å². The Morgan fingerprint density at radius 2 is 1.91 bits per heavy atom. The summed E-state index contributed by atoms with van der Waals surface area (Å²) in [4.78, 5) is 28.1. The van der Waals surface area contributed by atoms with Gasteiger partial charge in [0, 0.05) is 41.4 Å². The Morgan fingerprint density at radius 3 is 2.55 bits per heavy atom. The van der Waals surface area contributed by atoms with Crippen molar-refractivity contribution in [2.45, 2.75) is 12.8 Å². The van der Waals surface area contributed by atoms with Crippen LogP contribution in [0.4, 0.5) is 5.69 Å². The van der Waals surface area contributed by atoms with E-state index in [0.29, 0.717) is 12.5 Å². The molecule has 1 aliphatic carbocycles. The monoisotopic (exact) mass is 413 g/mol. The molecule has 1 N–H and O–H groups in total. The summed E-state index contributed by atoms with van der Waals surface area (Å²) >= 11 is 2.23. The van der Waals surface area contributed by atoms with E-state index in [1.165, 1.54) is 0 Å². The van der Waals surface area contributed by atoms with E-state index < -0.39 is 0 Å². The smallest absolute Gasteiger partial charge is 0.238 e. The van der Waals surface area contributed by atoms with Gasteiger partial charge in [-0.3, -0.25) is 14.5 Å². The number of nitrogens with one attached hydrogen (secondary N) is 1. The fourth-order valence-electron chi connectivity index (χ4n) is 2.68. The van der Waals surface area contributed by atoms with E-state index in [-0.39, 0.29) is 11.8 Å². The van der Waals surface area contributed by atoms with E-state index in [0.717, 1.165) is 48.3 Å². The number of carbonyl (C=O) groups excluding carboxylic acids is 2. The normalized spacial score (nSPS) is 19.0. The van der Waals surface area contributed by atoms with Gasteiger partial charge in [-0.05, 0) is 53.6 Å². The lowest BCUT2D eigenvalue weighted by atomic mass is 10.2. The van der Waals surface area contributed by atoms with Gasteiger partial charge < -0.3 is 10.2 Å². The summed E-state index contributed by atoms with van der Waals surface area (Å²) in [6, 6.07) is 7.77. The number of piperazine rings is 1. The van der Waals surface area contributed by atoms with Crippen LogP contribution in [0.5, 0.6) is 0 Å². The van der Waals surface area contributed by atoms with E-state index >= 15 is 0 Å². The highest BCUT2D eigenvalue weighted by Gasteiger charge is 2.34. The van der Waals surface area contributed by atoms with E-state index in [9.17, 15) is 9.59 Å². The minimum absolute atomic E-state index is 0.00368. The Balaban J connectivity index is 1.44. The van der Waals surface area contributed by atoms with Gasteiger partial charge in [-0.1, -0.05) is 6.07 Å². The average molecular weight is 413 g/mol. The van der Waals surface area contributed by atoms with Crippen molar-refractivity contribution in [1.82, 2.24) is 9.80 Å². The molecule has 1 aromatic carbocycles. The maximum absolute atomic E-state index is 12.1. The molecule has 2 aliphatic rings. The number of nitrogens with zero attached hydrogens (tertiary/aromatic N) is 2. The summed E-state index contributed by atoms with van der Waals surface area (Å²) in [5.41, 5.74) is 0.833. The third kappa shape index (κ3) is 4.19. The molecule has 1 saturated carbocycles. The molecule has 1 aromatic rings. The highest BCUT2D eigenvalue weighted by molar-refractivity contribution is 14.1. The Bertz CT molecular complexity index is 566. The Hall–Kier alpha value is -1.15. The van der Waals surface area contributed by atoms with E-state index in [1.807, 2.05) is 29.2 Å². The summed E-state index contributed by atoms with van der Waals surface area (Å²) in [5.74, 6) is 0.599. The van der Waals surface area contributed by atoms with Gasteiger partial charge in [0.25, 0.3) is 0 Å². The molecule has 5 nitrogen and oxygen atoms in total. The molecule has 3 rings (SSSR count). The second kappa shape index (κ2) is 6.95. The minimum atomic E-state index is 0.00368. The molecule has 1 saturated heterocycles. The lowest BCUT2D eigenvalue weighted by molar-refractivity contribution is -0.134. The van der Waals surface area contributed by atoms with Crippen LogP contribution in [0.25, 0.3) is 0 Å². The molecule has 0 atom stereocenters. The highest BCUT2D eigenvalue weighted by atomic mass is 127. The van der Waals surface area contributed by atoms with Gasteiger partial charge in [0.1, 0.15) is 0 Å². The van der Waals surface area contributed by atoms with E-state index in [2.05, 4.69) is 32.8 Å². The van der Waals surface area contributed by atoms with Crippen molar-refractivity contribution < 1.29 is 9.59 Å². The van der Waals surface area contributed by atoms with Crippen LogP contribution in [-0.2, 0) is 9.59 Å². The fraction of sp³-hybridized carbons (Fsp3) is 0.500. The van der Waals surface area contributed by atoms with Gasteiger partial charge in [-0.25, -0.2) is 0 Å². The molecular weight excluding hydrogens is 393 g/mol. The van der Waals surface area contributed by atoms with Crippen molar-refractivity contribution in [3.8, 4) is 0 Å². The molecule has 6 heteroatoms. The summed E-state index contributed by atoms with van der Waals surface area (Å²) in [6.45, 7) is 3.42. The van der Waals surface area contributed by atoms with Crippen LogP contribution in [-0.4, -0.2) is 54.3 Å². The number of hydrogen-bond acceptors (Lipinski definition) is 3. The number of carbonyl (C=O) groups is 2.